The number of rotatable bonds is 5. The maximum Gasteiger partial charge on any atom is 0.277 e. The zero-order valence-electron chi connectivity index (χ0n) is 16.1. The first-order valence-corrected chi connectivity index (χ1v) is 8.97. The van der Waals surface area contributed by atoms with Gasteiger partial charge in [0, 0.05) is 35.6 Å². The van der Waals surface area contributed by atoms with Gasteiger partial charge in [0.2, 0.25) is 0 Å². The van der Waals surface area contributed by atoms with Gasteiger partial charge in [-0.15, -0.1) is 0 Å². The van der Waals surface area contributed by atoms with Gasteiger partial charge in [0.05, 0.1) is 17.4 Å². The number of carbonyl (C=O) groups is 2. The normalized spacial score (nSPS) is 11.2. The van der Waals surface area contributed by atoms with Crippen LogP contribution in [0.15, 0.2) is 48.0 Å². The molecule has 29 heavy (non-hydrogen) atoms. The van der Waals surface area contributed by atoms with Crippen molar-refractivity contribution in [1.29, 1.82) is 0 Å². The van der Waals surface area contributed by atoms with E-state index in [0.29, 0.717) is 33.6 Å². The molecule has 0 unspecified atom stereocenters. The van der Waals surface area contributed by atoms with Crippen molar-refractivity contribution in [3.8, 4) is 0 Å². The molecule has 0 saturated heterocycles. The van der Waals surface area contributed by atoms with E-state index >= 15 is 0 Å². The van der Waals surface area contributed by atoms with Crippen LogP contribution in [0, 0.1) is 6.92 Å². The van der Waals surface area contributed by atoms with Crippen molar-refractivity contribution in [2.75, 3.05) is 5.32 Å². The highest BCUT2D eigenvalue weighted by Crippen LogP contribution is 2.25. The van der Waals surface area contributed by atoms with E-state index in [1.165, 1.54) is 25.1 Å². The predicted molar refractivity (Wildman–Crippen MR) is 105 cm³/mol. The van der Waals surface area contributed by atoms with Crippen LogP contribution in [-0.2, 0) is 0 Å². The highest BCUT2D eigenvalue weighted by Gasteiger charge is 2.20. The van der Waals surface area contributed by atoms with Crippen LogP contribution >= 0.6 is 0 Å². The summed E-state index contributed by atoms with van der Waals surface area (Å²) in [5, 5.41) is 3.35. The van der Waals surface area contributed by atoms with Gasteiger partial charge >= 0.3 is 0 Å². The average Bonchev–Trinajstić information content (AvgIpc) is 3.31. The number of amides is 1. The number of fused-ring (bicyclic) bond motifs is 1. The van der Waals surface area contributed by atoms with Gasteiger partial charge in [0.15, 0.2) is 17.9 Å². The highest BCUT2D eigenvalue weighted by molar-refractivity contribution is 6.16. The molecule has 9 nitrogen and oxygen atoms in total. The number of nitrogens with zero attached hydrogens (tertiary/aromatic N) is 5. The van der Waals surface area contributed by atoms with Crippen LogP contribution in [0.4, 0.5) is 5.69 Å². The third-order valence-corrected chi connectivity index (χ3v) is 4.51. The predicted octanol–water partition coefficient (Wildman–Crippen LogP) is 3.19. The minimum absolute atomic E-state index is 0.128. The summed E-state index contributed by atoms with van der Waals surface area (Å²) >= 11 is 0. The van der Waals surface area contributed by atoms with Gasteiger partial charge in [-0.3, -0.25) is 14.6 Å². The highest BCUT2D eigenvalue weighted by atomic mass is 16.3. The standard InChI is InChI=1S/C20H18N6O3/c1-11(2)26-8-16(15-7-22-9-23-19(15)26)18(27)13-4-14(6-21-5-13)25-20(28)17-12(3)29-10-24-17/h4-11H,1-3H3,(H,25,28). The first-order chi connectivity index (χ1) is 14.0. The smallest absolute Gasteiger partial charge is 0.277 e. The van der Waals surface area contributed by atoms with Gasteiger partial charge in [-0.2, -0.15) is 0 Å². The molecular formula is C20H18N6O3. The lowest BCUT2D eigenvalue weighted by atomic mass is 10.1. The number of hydrogen-bond acceptors (Lipinski definition) is 7. The molecule has 9 heteroatoms. The van der Waals surface area contributed by atoms with Crippen LogP contribution in [0.3, 0.4) is 0 Å². The molecule has 1 N–H and O–H groups in total. The zero-order valence-corrected chi connectivity index (χ0v) is 16.1. The van der Waals surface area contributed by atoms with E-state index in [1.54, 1.807) is 25.4 Å². The van der Waals surface area contributed by atoms with Crippen molar-refractivity contribution in [3.05, 3.63) is 66.2 Å². The number of anilines is 1. The van der Waals surface area contributed by atoms with Crippen LogP contribution in [0.5, 0.6) is 0 Å². The van der Waals surface area contributed by atoms with Gasteiger partial charge in [0.1, 0.15) is 17.7 Å². The molecule has 0 aliphatic carbocycles. The van der Waals surface area contributed by atoms with E-state index in [9.17, 15) is 9.59 Å². The molecule has 0 aliphatic rings. The zero-order chi connectivity index (χ0) is 20.5. The van der Waals surface area contributed by atoms with E-state index in [2.05, 4.69) is 25.3 Å². The number of nitrogens with one attached hydrogen (secondary N) is 1. The van der Waals surface area contributed by atoms with E-state index in [1.807, 2.05) is 18.4 Å². The Hall–Kier alpha value is -3.88. The van der Waals surface area contributed by atoms with Crippen LogP contribution in [0.25, 0.3) is 11.0 Å². The van der Waals surface area contributed by atoms with Crippen molar-refractivity contribution < 1.29 is 14.0 Å². The fourth-order valence-electron chi connectivity index (χ4n) is 3.06. The van der Waals surface area contributed by atoms with Crippen LogP contribution < -0.4 is 5.32 Å². The van der Waals surface area contributed by atoms with E-state index in [-0.39, 0.29) is 17.5 Å². The number of aryl methyl sites for hydroxylation is 1. The third-order valence-electron chi connectivity index (χ3n) is 4.51. The number of oxazole rings is 1. The summed E-state index contributed by atoms with van der Waals surface area (Å²) in [4.78, 5) is 41.8. The van der Waals surface area contributed by atoms with E-state index in [4.69, 9.17) is 4.42 Å². The van der Waals surface area contributed by atoms with Crippen molar-refractivity contribution in [2.24, 2.45) is 0 Å². The Bertz CT molecular complexity index is 1220. The van der Waals surface area contributed by atoms with Gasteiger partial charge < -0.3 is 14.3 Å². The molecule has 0 fully saturated rings. The summed E-state index contributed by atoms with van der Waals surface area (Å²) < 4.78 is 6.98. The minimum atomic E-state index is -0.438. The van der Waals surface area contributed by atoms with Crippen molar-refractivity contribution in [2.45, 2.75) is 26.8 Å². The Balaban J connectivity index is 1.67. The lowest BCUT2D eigenvalue weighted by Crippen LogP contribution is -2.14. The number of ketones is 1. The van der Waals surface area contributed by atoms with Gasteiger partial charge in [-0.1, -0.05) is 0 Å². The molecular weight excluding hydrogens is 372 g/mol. The molecule has 4 rings (SSSR count). The summed E-state index contributed by atoms with van der Waals surface area (Å²) in [6.07, 6.45) is 8.98. The quantitative estimate of drug-likeness (QED) is 0.520. The molecule has 0 bridgehead atoms. The van der Waals surface area contributed by atoms with Gasteiger partial charge in [0.25, 0.3) is 5.91 Å². The molecule has 4 aromatic heterocycles. The van der Waals surface area contributed by atoms with E-state index < -0.39 is 5.91 Å². The molecule has 0 spiro atoms. The largest absolute Gasteiger partial charge is 0.448 e. The second kappa shape index (κ2) is 7.27. The Labute approximate surface area is 165 Å². The fraction of sp³-hybridized carbons (Fsp3) is 0.200. The maximum atomic E-state index is 13.2. The molecule has 0 radical (unpaired) electrons. The Morgan fingerprint density at radius 3 is 2.69 bits per heavy atom. The number of hydrogen-bond donors (Lipinski definition) is 1. The van der Waals surface area contributed by atoms with Crippen LogP contribution in [0.2, 0.25) is 0 Å². The van der Waals surface area contributed by atoms with E-state index in [0.717, 1.165) is 0 Å². The first-order valence-electron chi connectivity index (χ1n) is 8.97. The van der Waals surface area contributed by atoms with Gasteiger partial charge in [-0.25, -0.2) is 15.0 Å². The van der Waals surface area contributed by atoms with Crippen LogP contribution in [0.1, 0.15) is 52.1 Å². The van der Waals surface area contributed by atoms with Crippen molar-refractivity contribution in [1.82, 2.24) is 24.5 Å². The molecule has 4 aromatic rings. The average molecular weight is 390 g/mol. The lowest BCUT2D eigenvalue weighted by Gasteiger charge is -2.07. The second-order valence-corrected chi connectivity index (χ2v) is 6.81. The second-order valence-electron chi connectivity index (χ2n) is 6.81. The van der Waals surface area contributed by atoms with Crippen molar-refractivity contribution >= 4 is 28.4 Å². The summed E-state index contributed by atoms with van der Waals surface area (Å²) in [5.41, 5.74) is 2.07. The third kappa shape index (κ3) is 3.38. The Morgan fingerprint density at radius 2 is 1.97 bits per heavy atom. The first kappa shape index (κ1) is 18.5. The number of pyridine rings is 1. The topological polar surface area (TPSA) is 116 Å². The monoisotopic (exact) mass is 390 g/mol. The van der Waals surface area contributed by atoms with Gasteiger partial charge in [-0.05, 0) is 26.8 Å². The molecule has 146 valence electrons. The summed E-state index contributed by atoms with van der Waals surface area (Å²) in [6, 6.07) is 1.70. The summed E-state index contributed by atoms with van der Waals surface area (Å²) in [6.45, 7) is 5.67. The number of carbonyl (C=O) groups excluding carboxylic acids is 2. The van der Waals surface area contributed by atoms with Crippen LogP contribution in [-0.4, -0.2) is 36.2 Å². The number of aromatic nitrogens is 5. The molecule has 4 heterocycles. The SMILES string of the molecule is Cc1ocnc1C(=O)Nc1cncc(C(=O)c2cn(C(C)C)c3ncncc23)c1. The van der Waals surface area contributed by atoms with Crippen molar-refractivity contribution in [3.63, 3.8) is 0 Å². The minimum Gasteiger partial charge on any atom is -0.448 e. The molecule has 1 amide bonds. The lowest BCUT2D eigenvalue weighted by molar-refractivity contribution is 0.101. The Morgan fingerprint density at radius 1 is 1.14 bits per heavy atom. The molecule has 0 aliphatic heterocycles. The Kier molecular flexibility index (Phi) is 4.63. The fourth-order valence-corrected chi connectivity index (χ4v) is 3.06. The summed E-state index contributed by atoms with van der Waals surface area (Å²) in [5.74, 6) is -0.262. The molecule has 0 saturated carbocycles. The maximum absolute atomic E-state index is 13.2. The molecule has 0 atom stereocenters. The summed E-state index contributed by atoms with van der Waals surface area (Å²) in [7, 11) is 0. The molecule has 0 aromatic carbocycles.